The molecular formula is C17H16N2O4S. The molecule has 0 spiro atoms. The molecule has 0 aliphatic carbocycles. The van der Waals surface area contributed by atoms with Gasteiger partial charge in [0.15, 0.2) is 0 Å². The molecule has 0 atom stereocenters. The van der Waals surface area contributed by atoms with E-state index in [-0.39, 0.29) is 6.61 Å². The van der Waals surface area contributed by atoms with E-state index < -0.39 is 18.5 Å². The topological polar surface area (TPSA) is 99.4 Å². The molecule has 0 aliphatic rings. The zero-order valence-corrected chi connectivity index (χ0v) is 14.1. The molecule has 1 heterocycles. The Morgan fingerprint density at radius 3 is 2.50 bits per heavy atom. The molecule has 24 heavy (non-hydrogen) atoms. The van der Waals surface area contributed by atoms with Crippen LogP contribution in [0.15, 0.2) is 24.3 Å². The molecule has 0 bridgehead atoms. The molecular weight excluding hydrogens is 328 g/mol. The van der Waals surface area contributed by atoms with Crippen LogP contribution in [0.5, 0.6) is 0 Å². The van der Waals surface area contributed by atoms with Crippen molar-refractivity contribution >= 4 is 28.2 Å². The fraction of sp³-hybridized carbons (Fsp3) is 0.235. The SMILES string of the molecule is Cc1ccc(-c2c(C)sc(NC(=O)COCC(=O)O)c2C#N)cc1. The van der Waals surface area contributed by atoms with Crippen LogP contribution >= 0.6 is 11.3 Å². The van der Waals surface area contributed by atoms with Crippen molar-refractivity contribution < 1.29 is 19.4 Å². The van der Waals surface area contributed by atoms with Gasteiger partial charge >= 0.3 is 5.97 Å². The van der Waals surface area contributed by atoms with E-state index in [1.807, 2.05) is 38.1 Å². The molecule has 0 fully saturated rings. The number of carbonyl (C=O) groups excluding carboxylic acids is 1. The molecule has 1 aromatic heterocycles. The van der Waals surface area contributed by atoms with Gasteiger partial charge in [0, 0.05) is 10.4 Å². The first-order valence-electron chi connectivity index (χ1n) is 7.12. The number of hydrogen-bond acceptors (Lipinski definition) is 5. The predicted octanol–water partition coefficient (Wildman–Crippen LogP) is 2.94. The lowest BCUT2D eigenvalue weighted by atomic mass is 10.0. The average molecular weight is 344 g/mol. The number of thiophene rings is 1. The molecule has 7 heteroatoms. The summed E-state index contributed by atoms with van der Waals surface area (Å²) in [4.78, 5) is 23.1. The van der Waals surface area contributed by atoms with E-state index >= 15 is 0 Å². The monoisotopic (exact) mass is 344 g/mol. The molecule has 0 unspecified atom stereocenters. The summed E-state index contributed by atoms with van der Waals surface area (Å²) in [6.07, 6.45) is 0. The lowest BCUT2D eigenvalue weighted by molar-refractivity contribution is -0.143. The highest BCUT2D eigenvalue weighted by Gasteiger charge is 2.19. The van der Waals surface area contributed by atoms with Gasteiger partial charge in [0.25, 0.3) is 5.91 Å². The summed E-state index contributed by atoms with van der Waals surface area (Å²) in [6, 6.07) is 9.94. The highest BCUT2D eigenvalue weighted by Crippen LogP contribution is 2.39. The van der Waals surface area contributed by atoms with Crippen LogP contribution in [0.1, 0.15) is 16.0 Å². The fourth-order valence-electron chi connectivity index (χ4n) is 2.20. The van der Waals surface area contributed by atoms with E-state index in [2.05, 4.69) is 11.4 Å². The zero-order chi connectivity index (χ0) is 17.7. The molecule has 2 N–H and O–H groups in total. The van der Waals surface area contributed by atoms with Gasteiger partial charge in [-0.05, 0) is 19.4 Å². The minimum atomic E-state index is -1.14. The van der Waals surface area contributed by atoms with Crippen molar-refractivity contribution in [2.75, 3.05) is 18.5 Å². The molecule has 0 saturated heterocycles. The van der Waals surface area contributed by atoms with Gasteiger partial charge in [-0.15, -0.1) is 11.3 Å². The van der Waals surface area contributed by atoms with Gasteiger partial charge in [0.1, 0.15) is 24.3 Å². The Morgan fingerprint density at radius 1 is 1.25 bits per heavy atom. The van der Waals surface area contributed by atoms with E-state index in [0.717, 1.165) is 21.6 Å². The minimum Gasteiger partial charge on any atom is -0.480 e. The number of nitriles is 1. The highest BCUT2D eigenvalue weighted by atomic mass is 32.1. The van der Waals surface area contributed by atoms with E-state index in [1.54, 1.807) is 0 Å². The zero-order valence-electron chi connectivity index (χ0n) is 13.3. The van der Waals surface area contributed by atoms with Crippen LogP contribution in [0, 0.1) is 25.2 Å². The number of rotatable bonds is 6. The van der Waals surface area contributed by atoms with E-state index in [4.69, 9.17) is 9.84 Å². The molecule has 0 radical (unpaired) electrons. The van der Waals surface area contributed by atoms with Gasteiger partial charge in [0.05, 0.1) is 5.56 Å². The van der Waals surface area contributed by atoms with Crippen molar-refractivity contribution in [1.82, 2.24) is 0 Å². The predicted molar refractivity (Wildman–Crippen MR) is 91.0 cm³/mol. The number of benzene rings is 1. The van der Waals surface area contributed by atoms with Gasteiger partial charge < -0.3 is 15.2 Å². The Hall–Kier alpha value is -2.69. The Labute approximate surface area is 143 Å². The van der Waals surface area contributed by atoms with Gasteiger partial charge in [-0.1, -0.05) is 29.8 Å². The van der Waals surface area contributed by atoms with Gasteiger partial charge in [-0.3, -0.25) is 4.79 Å². The average Bonchev–Trinajstić information content (AvgIpc) is 2.83. The number of carbonyl (C=O) groups is 2. The number of anilines is 1. The number of carboxylic acid groups (broad SMARTS) is 1. The number of carboxylic acids is 1. The van der Waals surface area contributed by atoms with Gasteiger partial charge in [0.2, 0.25) is 0 Å². The second kappa shape index (κ2) is 7.73. The lowest BCUT2D eigenvalue weighted by Crippen LogP contribution is -2.20. The maximum atomic E-state index is 11.8. The van der Waals surface area contributed by atoms with Crippen LogP contribution in [-0.4, -0.2) is 30.2 Å². The van der Waals surface area contributed by atoms with Crippen molar-refractivity contribution in [3.05, 3.63) is 40.3 Å². The number of nitrogens with zero attached hydrogens (tertiary/aromatic N) is 1. The quantitative estimate of drug-likeness (QED) is 0.839. The number of nitrogens with one attached hydrogen (secondary N) is 1. The number of aryl methyl sites for hydroxylation is 2. The van der Waals surface area contributed by atoms with Crippen molar-refractivity contribution in [2.24, 2.45) is 0 Å². The Balaban J connectivity index is 2.22. The summed E-state index contributed by atoms with van der Waals surface area (Å²) in [5.74, 6) is -1.64. The molecule has 124 valence electrons. The summed E-state index contributed by atoms with van der Waals surface area (Å²) in [6.45, 7) is 2.94. The number of hydrogen-bond donors (Lipinski definition) is 2. The normalized spacial score (nSPS) is 10.2. The van der Waals surface area contributed by atoms with Crippen molar-refractivity contribution in [1.29, 1.82) is 5.26 Å². The van der Waals surface area contributed by atoms with Gasteiger partial charge in [-0.25, -0.2) is 4.79 Å². The Bertz CT molecular complexity index is 803. The second-order valence-electron chi connectivity index (χ2n) is 5.15. The van der Waals surface area contributed by atoms with E-state index in [9.17, 15) is 14.9 Å². The largest absolute Gasteiger partial charge is 0.480 e. The second-order valence-corrected chi connectivity index (χ2v) is 6.37. The first kappa shape index (κ1) is 17.7. The lowest BCUT2D eigenvalue weighted by Gasteiger charge is -2.05. The smallest absolute Gasteiger partial charge is 0.329 e. The third-order valence-corrected chi connectivity index (χ3v) is 4.27. The maximum Gasteiger partial charge on any atom is 0.329 e. The summed E-state index contributed by atoms with van der Waals surface area (Å²) >= 11 is 1.31. The van der Waals surface area contributed by atoms with Crippen LogP contribution < -0.4 is 5.32 Å². The number of ether oxygens (including phenoxy) is 1. The van der Waals surface area contributed by atoms with Crippen LogP contribution in [-0.2, 0) is 14.3 Å². The summed E-state index contributed by atoms with van der Waals surface area (Å²) < 4.78 is 4.75. The van der Waals surface area contributed by atoms with Crippen molar-refractivity contribution in [3.63, 3.8) is 0 Å². The first-order chi connectivity index (χ1) is 11.4. The van der Waals surface area contributed by atoms with Crippen molar-refractivity contribution in [3.8, 4) is 17.2 Å². The van der Waals surface area contributed by atoms with Crippen LogP contribution in [0.4, 0.5) is 5.00 Å². The molecule has 1 aromatic carbocycles. The van der Waals surface area contributed by atoms with E-state index in [0.29, 0.717) is 10.6 Å². The molecule has 2 rings (SSSR count). The highest BCUT2D eigenvalue weighted by molar-refractivity contribution is 7.17. The molecule has 0 aliphatic heterocycles. The summed E-state index contributed by atoms with van der Waals surface area (Å²) in [5.41, 5.74) is 3.22. The third-order valence-electron chi connectivity index (χ3n) is 3.25. The first-order valence-corrected chi connectivity index (χ1v) is 7.94. The maximum absolute atomic E-state index is 11.8. The number of aliphatic carboxylic acids is 1. The van der Waals surface area contributed by atoms with Gasteiger partial charge in [-0.2, -0.15) is 5.26 Å². The molecule has 6 nitrogen and oxygen atoms in total. The van der Waals surface area contributed by atoms with Crippen LogP contribution in [0.2, 0.25) is 0 Å². The molecule has 0 saturated carbocycles. The number of amides is 1. The van der Waals surface area contributed by atoms with Crippen LogP contribution in [0.25, 0.3) is 11.1 Å². The Kier molecular flexibility index (Phi) is 5.68. The van der Waals surface area contributed by atoms with Crippen molar-refractivity contribution in [2.45, 2.75) is 13.8 Å². The standard InChI is InChI=1S/C17H16N2O4S/c1-10-3-5-12(6-4-10)16-11(2)24-17(13(16)7-18)19-14(20)8-23-9-15(21)22/h3-6H,8-9H2,1-2H3,(H,19,20)(H,21,22). The minimum absolute atomic E-state index is 0.381. The van der Waals surface area contributed by atoms with E-state index in [1.165, 1.54) is 11.3 Å². The fourth-order valence-corrected chi connectivity index (χ4v) is 3.24. The van der Waals surface area contributed by atoms with Crippen LogP contribution in [0.3, 0.4) is 0 Å². The Morgan fingerprint density at radius 2 is 1.92 bits per heavy atom. The third kappa shape index (κ3) is 4.19. The molecule has 2 aromatic rings. The molecule has 1 amide bonds. The summed E-state index contributed by atoms with van der Waals surface area (Å²) in [7, 11) is 0. The summed E-state index contributed by atoms with van der Waals surface area (Å²) in [5, 5.41) is 21.0.